The second-order valence-electron chi connectivity index (χ2n) is 3.84. The van der Waals surface area contributed by atoms with Crippen LogP contribution in [0, 0.1) is 6.92 Å². The van der Waals surface area contributed by atoms with Crippen molar-refractivity contribution >= 4 is 11.8 Å². The average Bonchev–Trinajstić information content (AvgIpc) is 2.70. The standard InChI is InChI=1S/C13H13N3O2/c1-10-11(7-15-16(10)2)8-18-13-6-4-3-5-12(13)14-9-17/h3-7H,8H2,1-2H3. The van der Waals surface area contributed by atoms with Gasteiger partial charge in [0, 0.05) is 18.3 Å². The van der Waals surface area contributed by atoms with Crippen LogP contribution in [-0.4, -0.2) is 15.9 Å². The Bertz CT molecular complexity index is 598. The first kappa shape index (κ1) is 12.1. The third kappa shape index (κ3) is 2.47. The van der Waals surface area contributed by atoms with Crippen LogP contribution < -0.4 is 4.74 Å². The fraction of sp³-hybridized carbons (Fsp3) is 0.231. The molecule has 5 heteroatoms. The Morgan fingerprint density at radius 1 is 1.44 bits per heavy atom. The third-order valence-electron chi connectivity index (χ3n) is 2.75. The summed E-state index contributed by atoms with van der Waals surface area (Å²) in [5.41, 5.74) is 2.53. The van der Waals surface area contributed by atoms with Gasteiger partial charge in [-0.25, -0.2) is 4.79 Å². The van der Waals surface area contributed by atoms with Crippen molar-refractivity contribution in [1.29, 1.82) is 0 Å². The molecule has 0 aliphatic carbocycles. The molecule has 0 saturated carbocycles. The molecule has 0 unspecified atom stereocenters. The van der Waals surface area contributed by atoms with Crippen molar-refractivity contribution in [2.75, 3.05) is 0 Å². The molecule has 0 spiro atoms. The number of aromatic nitrogens is 2. The SMILES string of the molecule is Cc1c(COc2ccccc2N=C=O)cnn1C. The predicted octanol–water partition coefficient (Wildman–Crippen LogP) is 2.27. The van der Waals surface area contributed by atoms with E-state index in [1.54, 1.807) is 29.1 Å². The highest BCUT2D eigenvalue weighted by molar-refractivity contribution is 5.57. The molecule has 1 heterocycles. The minimum absolute atomic E-state index is 0.394. The van der Waals surface area contributed by atoms with Gasteiger partial charge in [-0.05, 0) is 19.1 Å². The number of ether oxygens (including phenoxy) is 1. The molecular formula is C13H13N3O2. The van der Waals surface area contributed by atoms with E-state index in [-0.39, 0.29) is 0 Å². The number of hydrogen-bond donors (Lipinski definition) is 0. The van der Waals surface area contributed by atoms with Crippen LogP contribution in [0.25, 0.3) is 0 Å². The van der Waals surface area contributed by atoms with E-state index in [4.69, 9.17) is 4.74 Å². The van der Waals surface area contributed by atoms with Gasteiger partial charge in [0.1, 0.15) is 18.0 Å². The number of para-hydroxylation sites is 2. The zero-order valence-corrected chi connectivity index (χ0v) is 10.3. The Labute approximate surface area is 105 Å². The van der Waals surface area contributed by atoms with Crippen molar-refractivity contribution in [3.8, 4) is 5.75 Å². The molecule has 2 aromatic rings. The quantitative estimate of drug-likeness (QED) is 0.611. The summed E-state index contributed by atoms with van der Waals surface area (Å²) in [5.74, 6) is 0.559. The molecule has 0 bridgehead atoms. The van der Waals surface area contributed by atoms with Gasteiger partial charge in [0.25, 0.3) is 0 Å². The molecular weight excluding hydrogens is 230 g/mol. The molecule has 1 aromatic heterocycles. The lowest BCUT2D eigenvalue weighted by Gasteiger charge is -2.07. The number of isocyanates is 1. The van der Waals surface area contributed by atoms with Crippen LogP contribution in [0.5, 0.6) is 5.75 Å². The van der Waals surface area contributed by atoms with E-state index in [0.29, 0.717) is 18.0 Å². The molecule has 0 aliphatic rings. The van der Waals surface area contributed by atoms with Crippen molar-refractivity contribution < 1.29 is 9.53 Å². The lowest BCUT2D eigenvalue weighted by atomic mass is 10.2. The number of benzene rings is 1. The molecule has 5 nitrogen and oxygen atoms in total. The smallest absolute Gasteiger partial charge is 0.240 e. The first-order valence-electron chi connectivity index (χ1n) is 5.49. The Morgan fingerprint density at radius 3 is 2.89 bits per heavy atom. The van der Waals surface area contributed by atoms with Crippen molar-refractivity contribution in [3.63, 3.8) is 0 Å². The predicted molar refractivity (Wildman–Crippen MR) is 66.5 cm³/mol. The molecule has 18 heavy (non-hydrogen) atoms. The fourth-order valence-corrected chi connectivity index (χ4v) is 1.56. The third-order valence-corrected chi connectivity index (χ3v) is 2.75. The van der Waals surface area contributed by atoms with Crippen LogP contribution in [0.2, 0.25) is 0 Å². The van der Waals surface area contributed by atoms with Crippen LogP contribution in [0.3, 0.4) is 0 Å². The molecule has 92 valence electrons. The number of nitrogens with zero attached hydrogens (tertiary/aromatic N) is 3. The summed E-state index contributed by atoms with van der Waals surface area (Å²) >= 11 is 0. The van der Waals surface area contributed by atoms with Crippen LogP contribution in [0.4, 0.5) is 5.69 Å². The van der Waals surface area contributed by atoms with Crippen LogP contribution in [-0.2, 0) is 18.4 Å². The van der Waals surface area contributed by atoms with E-state index in [0.717, 1.165) is 11.3 Å². The van der Waals surface area contributed by atoms with Gasteiger partial charge in [-0.3, -0.25) is 4.68 Å². The Hall–Kier alpha value is -2.39. The highest BCUT2D eigenvalue weighted by Gasteiger charge is 2.06. The van der Waals surface area contributed by atoms with Gasteiger partial charge in [-0.1, -0.05) is 12.1 Å². The molecule has 0 N–H and O–H groups in total. The summed E-state index contributed by atoms with van der Waals surface area (Å²) in [5, 5.41) is 4.14. The highest BCUT2D eigenvalue weighted by Crippen LogP contribution is 2.27. The maximum Gasteiger partial charge on any atom is 0.240 e. The number of hydrogen-bond acceptors (Lipinski definition) is 4. The van der Waals surface area contributed by atoms with E-state index in [2.05, 4.69) is 10.1 Å². The summed E-state index contributed by atoms with van der Waals surface area (Å²) < 4.78 is 7.43. The molecule has 0 saturated heterocycles. The first-order valence-corrected chi connectivity index (χ1v) is 5.49. The molecule has 1 aromatic carbocycles. The highest BCUT2D eigenvalue weighted by atomic mass is 16.5. The van der Waals surface area contributed by atoms with Crippen molar-refractivity contribution in [2.45, 2.75) is 13.5 Å². The van der Waals surface area contributed by atoms with Gasteiger partial charge in [-0.15, -0.1) is 0 Å². The molecule has 0 radical (unpaired) electrons. The van der Waals surface area contributed by atoms with Crippen molar-refractivity contribution in [3.05, 3.63) is 41.7 Å². The summed E-state index contributed by atoms with van der Waals surface area (Å²) in [6.07, 6.45) is 3.28. The normalized spacial score (nSPS) is 9.89. The van der Waals surface area contributed by atoms with E-state index in [1.807, 2.05) is 20.0 Å². The van der Waals surface area contributed by atoms with Crippen molar-refractivity contribution in [1.82, 2.24) is 9.78 Å². The second kappa shape index (κ2) is 5.29. The molecule has 2 rings (SSSR count). The Morgan fingerprint density at radius 2 is 2.22 bits per heavy atom. The van der Waals surface area contributed by atoms with E-state index in [9.17, 15) is 4.79 Å². The minimum Gasteiger partial charge on any atom is -0.486 e. The van der Waals surface area contributed by atoms with E-state index in [1.165, 1.54) is 6.08 Å². The number of aryl methyl sites for hydroxylation is 1. The summed E-state index contributed by atoms with van der Waals surface area (Å²) in [6, 6.07) is 7.09. The molecule has 0 amide bonds. The average molecular weight is 243 g/mol. The van der Waals surface area contributed by atoms with Crippen LogP contribution >= 0.6 is 0 Å². The largest absolute Gasteiger partial charge is 0.486 e. The summed E-state index contributed by atoms with van der Waals surface area (Å²) in [6.45, 7) is 2.37. The summed E-state index contributed by atoms with van der Waals surface area (Å²) in [7, 11) is 1.88. The van der Waals surface area contributed by atoms with Crippen LogP contribution in [0.15, 0.2) is 35.5 Å². The molecule has 0 aliphatic heterocycles. The van der Waals surface area contributed by atoms with Crippen molar-refractivity contribution in [2.24, 2.45) is 12.0 Å². The minimum atomic E-state index is 0.394. The zero-order valence-electron chi connectivity index (χ0n) is 10.3. The lowest BCUT2D eigenvalue weighted by molar-refractivity contribution is 0.306. The van der Waals surface area contributed by atoms with Gasteiger partial charge in [0.2, 0.25) is 6.08 Å². The second-order valence-corrected chi connectivity index (χ2v) is 3.84. The van der Waals surface area contributed by atoms with Gasteiger partial charge in [0.05, 0.1) is 6.20 Å². The molecule has 0 atom stereocenters. The lowest BCUT2D eigenvalue weighted by Crippen LogP contribution is -1.98. The summed E-state index contributed by atoms with van der Waals surface area (Å²) in [4.78, 5) is 13.9. The van der Waals surface area contributed by atoms with E-state index < -0.39 is 0 Å². The number of carbonyl (C=O) groups excluding carboxylic acids is 1. The monoisotopic (exact) mass is 243 g/mol. The zero-order chi connectivity index (χ0) is 13.0. The maximum atomic E-state index is 10.3. The Balaban J connectivity index is 2.15. The Kier molecular flexibility index (Phi) is 3.55. The number of aliphatic imine (C=N–C) groups is 1. The van der Waals surface area contributed by atoms with Crippen LogP contribution in [0.1, 0.15) is 11.3 Å². The molecule has 0 fully saturated rings. The van der Waals surface area contributed by atoms with Gasteiger partial charge < -0.3 is 4.74 Å². The topological polar surface area (TPSA) is 56.5 Å². The van der Waals surface area contributed by atoms with Gasteiger partial charge in [0.15, 0.2) is 0 Å². The van der Waals surface area contributed by atoms with Gasteiger partial charge >= 0.3 is 0 Å². The number of rotatable bonds is 4. The fourth-order valence-electron chi connectivity index (χ4n) is 1.56. The maximum absolute atomic E-state index is 10.3. The van der Waals surface area contributed by atoms with Gasteiger partial charge in [-0.2, -0.15) is 10.1 Å². The van der Waals surface area contributed by atoms with E-state index >= 15 is 0 Å². The first-order chi connectivity index (χ1) is 8.72.